The summed E-state index contributed by atoms with van der Waals surface area (Å²) in [5.74, 6) is 0. The molecule has 0 aliphatic carbocycles. The minimum Gasteiger partial charge on any atom is -0.214 e. The molecule has 0 saturated heterocycles. The van der Waals surface area contributed by atoms with E-state index in [9.17, 15) is 16.8 Å². The van der Waals surface area contributed by atoms with Crippen molar-refractivity contribution in [2.24, 2.45) is 0 Å². The summed E-state index contributed by atoms with van der Waals surface area (Å²) in [6.07, 6.45) is 16.6. The van der Waals surface area contributed by atoms with Crippen molar-refractivity contribution in [2.45, 2.75) is 140 Å². The Hall–Kier alpha value is -1.20. The number of nitriles is 2. The molecule has 0 aliphatic heterocycles. The monoisotopic (exact) mass is 546 g/mol. The Morgan fingerprint density at radius 3 is 1.33 bits per heavy atom. The quantitative estimate of drug-likeness (QED) is 0.127. The smallest absolute Gasteiger partial charge is 0.214 e. The fourth-order valence-corrected chi connectivity index (χ4v) is 8.00. The molecule has 0 aromatic heterocycles. The van der Waals surface area contributed by atoms with Crippen molar-refractivity contribution in [3.05, 3.63) is 0 Å². The Labute approximate surface area is 221 Å². The largest absolute Gasteiger partial charge is 0.230 e. The van der Waals surface area contributed by atoms with Gasteiger partial charge in [0, 0.05) is 25.9 Å². The van der Waals surface area contributed by atoms with Gasteiger partial charge in [0.2, 0.25) is 20.0 Å². The molecule has 0 rings (SSSR count). The maximum Gasteiger partial charge on any atom is 0.230 e. The summed E-state index contributed by atoms with van der Waals surface area (Å²) in [6, 6.07) is 4.27. The molecule has 2 N–H and O–H groups in total. The highest BCUT2D eigenvalue weighted by Gasteiger charge is 2.36. The van der Waals surface area contributed by atoms with Crippen molar-refractivity contribution in [1.29, 1.82) is 10.5 Å². The van der Waals surface area contributed by atoms with Crippen LogP contribution in [0, 0.1) is 22.7 Å². The van der Waals surface area contributed by atoms with Gasteiger partial charge in [0.05, 0.1) is 12.1 Å². The second kappa shape index (κ2) is 23.0. The highest BCUT2D eigenvalue weighted by Crippen LogP contribution is 2.18. The van der Waals surface area contributed by atoms with Crippen LogP contribution in [0.1, 0.15) is 135 Å². The summed E-state index contributed by atoms with van der Waals surface area (Å²) < 4.78 is 55.6. The number of nitrogens with zero attached hydrogens (tertiary/aromatic N) is 2. The summed E-state index contributed by atoms with van der Waals surface area (Å²) in [4.78, 5) is 0. The SMILES string of the molecule is CCCCCCCC(S(=O)(=O)NCCCCCCCCC#N)S(=O)(=O)NCCCCCCCCC#N. The van der Waals surface area contributed by atoms with E-state index in [1.807, 2.05) is 0 Å². The molecule has 0 spiro atoms. The molecule has 36 heavy (non-hydrogen) atoms. The van der Waals surface area contributed by atoms with E-state index in [0.29, 0.717) is 32.1 Å². The summed E-state index contributed by atoms with van der Waals surface area (Å²) in [7, 11) is -8.00. The highest BCUT2D eigenvalue weighted by atomic mass is 32.3. The van der Waals surface area contributed by atoms with Crippen LogP contribution in [0.25, 0.3) is 0 Å². The Kier molecular flexibility index (Phi) is 22.2. The minimum absolute atomic E-state index is 0.103. The van der Waals surface area contributed by atoms with Crippen LogP contribution in [0.3, 0.4) is 0 Å². The van der Waals surface area contributed by atoms with Gasteiger partial charge in [0.15, 0.2) is 4.58 Å². The van der Waals surface area contributed by atoms with Gasteiger partial charge in [-0.1, -0.05) is 90.4 Å². The van der Waals surface area contributed by atoms with Crippen LogP contribution >= 0.6 is 0 Å². The Bertz CT molecular complexity index is 756. The number of hydrogen-bond acceptors (Lipinski definition) is 6. The summed E-state index contributed by atoms with van der Waals surface area (Å²) in [5.41, 5.74) is 0. The molecule has 0 aliphatic rings. The standard InChI is InChI=1S/C26H50N4O4S2/c1-2-3-4-11-16-21-26(35(31,32)29-24-19-14-9-5-7-12-17-22-27)36(33,34)30-25-20-15-10-6-8-13-18-23-28/h26,29-30H,2-21,24-25H2,1H3. The van der Waals surface area contributed by atoms with Crippen LogP contribution in [0.4, 0.5) is 0 Å². The van der Waals surface area contributed by atoms with Crippen molar-refractivity contribution in [3.63, 3.8) is 0 Å². The van der Waals surface area contributed by atoms with E-state index in [4.69, 9.17) is 10.5 Å². The third-order valence-electron chi connectivity index (χ3n) is 6.27. The maximum absolute atomic E-state index is 13.0. The molecule has 0 bridgehead atoms. The predicted molar refractivity (Wildman–Crippen MR) is 147 cm³/mol. The molecule has 0 radical (unpaired) electrons. The second-order valence-corrected chi connectivity index (χ2v) is 13.8. The fraction of sp³-hybridized carbons (Fsp3) is 0.923. The fourth-order valence-electron chi connectivity index (χ4n) is 4.08. The molecule has 0 atom stereocenters. The van der Waals surface area contributed by atoms with E-state index in [-0.39, 0.29) is 19.5 Å². The van der Waals surface area contributed by atoms with Crippen LogP contribution in [0.2, 0.25) is 0 Å². The van der Waals surface area contributed by atoms with Gasteiger partial charge < -0.3 is 0 Å². The molecule has 0 aromatic rings. The Balaban J connectivity index is 4.62. The normalized spacial score (nSPS) is 12.0. The van der Waals surface area contributed by atoms with Crippen molar-refractivity contribution in [1.82, 2.24) is 9.44 Å². The van der Waals surface area contributed by atoms with Gasteiger partial charge in [0.1, 0.15) is 0 Å². The molecule has 0 fully saturated rings. The number of rotatable bonds is 26. The molecule has 8 nitrogen and oxygen atoms in total. The average Bonchev–Trinajstić information content (AvgIpc) is 2.83. The van der Waals surface area contributed by atoms with Gasteiger partial charge in [-0.2, -0.15) is 10.5 Å². The van der Waals surface area contributed by atoms with Gasteiger partial charge >= 0.3 is 0 Å². The van der Waals surface area contributed by atoms with Crippen LogP contribution in [0.5, 0.6) is 0 Å². The number of sulfonamides is 2. The van der Waals surface area contributed by atoms with Crippen molar-refractivity contribution in [3.8, 4) is 12.1 Å². The molecule has 0 heterocycles. The molecule has 0 amide bonds. The highest BCUT2D eigenvalue weighted by molar-refractivity contribution is 8.07. The number of hydrogen-bond donors (Lipinski definition) is 2. The third-order valence-corrected chi connectivity index (χ3v) is 10.9. The molecular formula is C26H50N4O4S2. The van der Waals surface area contributed by atoms with Crippen molar-refractivity contribution >= 4 is 20.0 Å². The first-order valence-electron chi connectivity index (χ1n) is 14.0. The lowest BCUT2D eigenvalue weighted by atomic mass is 10.1. The van der Waals surface area contributed by atoms with E-state index >= 15 is 0 Å². The predicted octanol–water partition coefficient (Wildman–Crippen LogP) is 6.02. The molecule has 10 heteroatoms. The molecular weight excluding hydrogens is 496 g/mol. The van der Waals surface area contributed by atoms with Crippen LogP contribution in [-0.4, -0.2) is 34.5 Å². The van der Waals surface area contributed by atoms with Gasteiger partial charge in [0.25, 0.3) is 0 Å². The molecule has 210 valence electrons. The first kappa shape index (κ1) is 34.8. The van der Waals surface area contributed by atoms with Crippen LogP contribution < -0.4 is 9.44 Å². The lowest BCUT2D eigenvalue weighted by Gasteiger charge is -2.19. The Morgan fingerprint density at radius 1 is 0.556 bits per heavy atom. The molecule has 0 aromatic carbocycles. The van der Waals surface area contributed by atoms with Crippen molar-refractivity contribution in [2.75, 3.05) is 13.1 Å². The first-order valence-corrected chi connectivity index (χ1v) is 17.1. The summed E-state index contributed by atoms with van der Waals surface area (Å²) in [5, 5.41) is 17.1. The third kappa shape index (κ3) is 19.0. The number of unbranched alkanes of at least 4 members (excludes halogenated alkanes) is 16. The minimum atomic E-state index is -4.00. The summed E-state index contributed by atoms with van der Waals surface area (Å²) in [6.45, 7) is 2.59. The number of nitrogens with one attached hydrogen (secondary N) is 2. The van der Waals surface area contributed by atoms with Crippen LogP contribution in [0.15, 0.2) is 0 Å². The van der Waals surface area contributed by atoms with Gasteiger partial charge in [-0.3, -0.25) is 0 Å². The topological polar surface area (TPSA) is 140 Å². The van der Waals surface area contributed by atoms with Crippen LogP contribution in [-0.2, 0) is 20.0 Å². The first-order chi connectivity index (χ1) is 17.3. The zero-order chi connectivity index (χ0) is 27.0. The second-order valence-electron chi connectivity index (χ2n) is 9.57. The molecule has 0 unspecified atom stereocenters. The molecule has 0 saturated carbocycles. The van der Waals surface area contributed by atoms with Gasteiger partial charge in [-0.25, -0.2) is 26.3 Å². The average molecular weight is 547 g/mol. The Morgan fingerprint density at radius 2 is 0.917 bits per heavy atom. The zero-order valence-corrected chi connectivity index (χ0v) is 24.1. The lowest BCUT2D eigenvalue weighted by Crippen LogP contribution is -2.45. The van der Waals surface area contributed by atoms with E-state index in [0.717, 1.165) is 89.9 Å². The maximum atomic E-state index is 13.0. The summed E-state index contributed by atoms with van der Waals surface area (Å²) >= 11 is 0. The van der Waals surface area contributed by atoms with Gasteiger partial charge in [-0.05, 0) is 32.1 Å². The van der Waals surface area contributed by atoms with Crippen molar-refractivity contribution < 1.29 is 16.8 Å². The van der Waals surface area contributed by atoms with Gasteiger partial charge in [-0.15, -0.1) is 0 Å². The van der Waals surface area contributed by atoms with E-state index in [1.165, 1.54) is 0 Å². The lowest BCUT2D eigenvalue weighted by molar-refractivity contribution is 0.534. The van der Waals surface area contributed by atoms with E-state index < -0.39 is 24.6 Å². The van der Waals surface area contributed by atoms with E-state index in [2.05, 4.69) is 28.5 Å². The van der Waals surface area contributed by atoms with E-state index in [1.54, 1.807) is 0 Å². The zero-order valence-electron chi connectivity index (χ0n) is 22.5.